The Morgan fingerprint density at radius 1 is 0.905 bits per heavy atom. The second kappa shape index (κ2) is 12.9. The van der Waals surface area contributed by atoms with Crippen LogP contribution in [-0.4, -0.2) is 39.0 Å². The highest BCUT2D eigenvalue weighted by molar-refractivity contribution is 7.92. The first-order valence-electron chi connectivity index (χ1n) is 12.4. The van der Waals surface area contributed by atoms with Crippen molar-refractivity contribution >= 4 is 49.9 Å². The Hall–Kier alpha value is -4.62. The number of hydrogen-bond donors (Lipinski definition) is 2. The summed E-state index contributed by atoms with van der Waals surface area (Å²) in [7, 11) is -4.23. The van der Waals surface area contributed by atoms with Crippen molar-refractivity contribution in [2.45, 2.75) is 24.8 Å². The number of thiophene rings is 1. The van der Waals surface area contributed by atoms with Crippen molar-refractivity contribution in [2.75, 3.05) is 16.6 Å². The van der Waals surface area contributed by atoms with Crippen LogP contribution in [0.2, 0.25) is 0 Å². The fourth-order valence-corrected chi connectivity index (χ4v) is 5.74. The lowest BCUT2D eigenvalue weighted by Gasteiger charge is -2.14. The van der Waals surface area contributed by atoms with E-state index in [4.69, 9.17) is 9.47 Å². The third kappa shape index (κ3) is 7.17. The Balaban J connectivity index is 1.42. The lowest BCUT2D eigenvalue weighted by atomic mass is 10.1. The second-order valence-corrected chi connectivity index (χ2v) is 11.5. The van der Waals surface area contributed by atoms with Crippen LogP contribution in [0, 0.1) is 11.6 Å². The van der Waals surface area contributed by atoms with Gasteiger partial charge < -0.3 is 14.8 Å². The van der Waals surface area contributed by atoms with Gasteiger partial charge in [0.1, 0.15) is 5.00 Å². The number of carbonyl (C=O) groups excluding carboxylic acids is 3. The summed E-state index contributed by atoms with van der Waals surface area (Å²) >= 11 is 1.16. The van der Waals surface area contributed by atoms with Crippen LogP contribution < -0.4 is 10.0 Å². The van der Waals surface area contributed by atoms with E-state index in [1.165, 1.54) is 31.2 Å². The van der Waals surface area contributed by atoms with E-state index in [-0.39, 0.29) is 28.4 Å². The number of amides is 1. The highest BCUT2D eigenvalue weighted by Gasteiger charge is 2.24. The van der Waals surface area contributed by atoms with Crippen LogP contribution in [0.15, 0.2) is 83.8 Å². The van der Waals surface area contributed by atoms with Gasteiger partial charge in [0.05, 0.1) is 22.6 Å². The van der Waals surface area contributed by atoms with Gasteiger partial charge in [-0.05, 0) is 67.9 Å². The minimum atomic E-state index is -4.23. The van der Waals surface area contributed by atoms with E-state index in [0.29, 0.717) is 12.1 Å². The van der Waals surface area contributed by atoms with Gasteiger partial charge in [-0.2, -0.15) is 0 Å². The molecule has 4 rings (SSSR count). The maximum atomic E-state index is 13.5. The van der Waals surface area contributed by atoms with Gasteiger partial charge in [0.15, 0.2) is 17.7 Å². The SMILES string of the molecule is CCOC(=O)c1cc(-c2ccccc2)sc1NC(=O)C(C)OC(=O)c1ccc(NS(=O)(=O)c2ccc(F)c(F)c2)cc1. The molecule has 42 heavy (non-hydrogen) atoms. The number of benzene rings is 3. The summed E-state index contributed by atoms with van der Waals surface area (Å²) in [5.41, 5.74) is 1.05. The van der Waals surface area contributed by atoms with E-state index in [2.05, 4.69) is 10.0 Å². The number of ether oxygens (including phenoxy) is 2. The molecule has 0 aliphatic rings. The fourth-order valence-electron chi connectivity index (χ4n) is 3.62. The molecule has 1 atom stereocenters. The smallest absolute Gasteiger partial charge is 0.341 e. The zero-order valence-corrected chi connectivity index (χ0v) is 23.9. The third-order valence-electron chi connectivity index (χ3n) is 5.75. The molecule has 0 aliphatic carbocycles. The summed E-state index contributed by atoms with van der Waals surface area (Å²) in [5.74, 6) is -4.68. The van der Waals surface area contributed by atoms with Crippen molar-refractivity contribution in [3.63, 3.8) is 0 Å². The molecule has 2 N–H and O–H groups in total. The zero-order valence-electron chi connectivity index (χ0n) is 22.2. The van der Waals surface area contributed by atoms with Crippen molar-refractivity contribution in [1.29, 1.82) is 0 Å². The molecule has 1 unspecified atom stereocenters. The number of nitrogens with one attached hydrogen (secondary N) is 2. The molecule has 0 saturated carbocycles. The molecule has 0 saturated heterocycles. The molecular weight excluding hydrogens is 590 g/mol. The van der Waals surface area contributed by atoms with Gasteiger partial charge in [-0.3, -0.25) is 9.52 Å². The quantitative estimate of drug-likeness (QED) is 0.214. The van der Waals surface area contributed by atoms with Crippen molar-refractivity contribution < 1.29 is 41.1 Å². The number of anilines is 2. The highest BCUT2D eigenvalue weighted by Crippen LogP contribution is 2.36. The normalized spacial score (nSPS) is 11.8. The fraction of sp³-hybridized carbons (Fsp3) is 0.138. The van der Waals surface area contributed by atoms with Gasteiger partial charge >= 0.3 is 11.9 Å². The van der Waals surface area contributed by atoms with Crippen LogP contribution in [0.3, 0.4) is 0 Å². The Kier molecular flexibility index (Phi) is 9.33. The molecule has 218 valence electrons. The lowest BCUT2D eigenvalue weighted by Crippen LogP contribution is -2.30. The predicted molar refractivity (Wildman–Crippen MR) is 153 cm³/mol. The molecule has 1 aromatic heterocycles. The van der Waals surface area contributed by atoms with Crippen LogP contribution in [0.1, 0.15) is 34.6 Å². The third-order valence-corrected chi connectivity index (χ3v) is 8.23. The molecule has 0 aliphatic heterocycles. The number of halogens is 2. The molecule has 13 heteroatoms. The van der Waals surface area contributed by atoms with Crippen LogP contribution in [0.5, 0.6) is 0 Å². The van der Waals surface area contributed by atoms with E-state index < -0.39 is 50.5 Å². The van der Waals surface area contributed by atoms with Crippen LogP contribution in [0.4, 0.5) is 19.5 Å². The van der Waals surface area contributed by atoms with Gasteiger partial charge in [-0.1, -0.05) is 30.3 Å². The molecule has 0 spiro atoms. The minimum absolute atomic E-state index is 0.0140. The molecule has 0 bridgehead atoms. The topological polar surface area (TPSA) is 128 Å². The highest BCUT2D eigenvalue weighted by atomic mass is 32.2. The first-order valence-corrected chi connectivity index (χ1v) is 14.7. The molecule has 9 nitrogen and oxygen atoms in total. The van der Waals surface area contributed by atoms with Crippen molar-refractivity contribution in [2.24, 2.45) is 0 Å². The van der Waals surface area contributed by atoms with E-state index in [1.54, 1.807) is 13.0 Å². The van der Waals surface area contributed by atoms with E-state index in [1.807, 2.05) is 30.3 Å². The number of sulfonamides is 1. The summed E-state index contributed by atoms with van der Waals surface area (Å²) < 4.78 is 64.1. The van der Waals surface area contributed by atoms with Crippen LogP contribution >= 0.6 is 11.3 Å². The van der Waals surface area contributed by atoms with Gasteiger partial charge in [-0.15, -0.1) is 11.3 Å². The molecule has 0 radical (unpaired) electrons. The zero-order chi connectivity index (χ0) is 30.4. The van der Waals surface area contributed by atoms with Gasteiger partial charge in [0.2, 0.25) is 0 Å². The molecule has 0 fully saturated rings. The van der Waals surface area contributed by atoms with Crippen LogP contribution in [-0.2, 0) is 24.3 Å². The molecule has 1 heterocycles. The Labute approximate surface area is 244 Å². The molecule has 1 amide bonds. The average Bonchev–Trinajstić information content (AvgIpc) is 3.39. The first kappa shape index (κ1) is 30.3. The first-order chi connectivity index (χ1) is 20.0. The Morgan fingerprint density at radius 3 is 2.24 bits per heavy atom. The van der Waals surface area contributed by atoms with Crippen molar-refractivity contribution in [3.8, 4) is 10.4 Å². The standard InChI is InChI=1S/C29H24F2N2O7S2/c1-3-39-29(36)22-16-25(18-7-5-4-6-8-18)41-27(22)32-26(34)17(2)40-28(35)19-9-11-20(12-10-19)33-42(37,38)21-13-14-23(30)24(31)15-21/h4-17,33H,3H2,1-2H3,(H,32,34). The van der Waals surface area contributed by atoms with Gasteiger partial charge in [-0.25, -0.2) is 26.8 Å². The Bertz CT molecular complexity index is 1720. The summed E-state index contributed by atoms with van der Waals surface area (Å²) in [5, 5.41) is 2.86. The summed E-state index contributed by atoms with van der Waals surface area (Å²) in [6, 6.07) is 18.1. The maximum absolute atomic E-state index is 13.5. The number of carbonyl (C=O) groups is 3. The summed E-state index contributed by atoms with van der Waals surface area (Å²) in [6.45, 7) is 3.16. The van der Waals surface area contributed by atoms with Crippen LogP contribution in [0.25, 0.3) is 10.4 Å². The molecule has 4 aromatic rings. The largest absolute Gasteiger partial charge is 0.462 e. The summed E-state index contributed by atoms with van der Waals surface area (Å²) in [4.78, 5) is 38.3. The van der Waals surface area contributed by atoms with Gasteiger partial charge in [0, 0.05) is 10.6 Å². The number of esters is 2. The molecule has 3 aromatic carbocycles. The summed E-state index contributed by atoms with van der Waals surface area (Å²) in [6.07, 6.45) is -1.26. The Morgan fingerprint density at radius 2 is 1.60 bits per heavy atom. The number of rotatable bonds is 10. The van der Waals surface area contributed by atoms with E-state index in [9.17, 15) is 31.6 Å². The molecular formula is C29H24F2N2O7S2. The number of hydrogen-bond acceptors (Lipinski definition) is 8. The lowest BCUT2D eigenvalue weighted by molar-refractivity contribution is -0.123. The second-order valence-electron chi connectivity index (χ2n) is 8.74. The van der Waals surface area contributed by atoms with Gasteiger partial charge in [0.25, 0.3) is 15.9 Å². The van der Waals surface area contributed by atoms with E-state index >= 15 is 0 Å². The van der Waals surface area contributed by atoms with Crippen molar-refractivity contribution in [3.05, 3.63) is 102 Å². The monoisotopic (exact) mass is 614 g/mol. The van der Waals surface area contributed by atoms with Crippen molar-refractivity contribution in [1.82, 2.24) is 0 Å². The minimum Gasteiger partial charge on any atom is -0.462 e. The van der Waals surface area contributed by atoms with E-state index in [0.717, 1.165) is 27.8 Å². The average molecular weight is 615 g/mol. The predicted octanol–water partition coefficient (Wildman–Crippen LogP) is 5.85. The maximum Gasteiger partial charge on any atom is 0.341 e.